The molecule has 1 rings (SSSR count). The van der Waals surface area contributed by atoms with Crippen molar-refractivity contribution in [3.8, 4) is 0 Å². The largest absolute Gasteiger partial charge is 0.389 e. The average molecular weight is 499 g/mol. The molecule has 1 aliphatic heterocycles. The van der Waals surface area contributed by atoms with Crippen LogP contribution in [-0.4, -0.2) is 123 Å². The normalized spacial score (nSPS) is 17.1. The van der Waals surface area contributed by atoms with Crippen LogP contribution < -0.4 is 11.1 Å². The highest BCUT2D eigenvalue weighted by Crippen LogP contribution is 2.08. The van der Waals surface area contributed by atoms with Crippen molar-refractivity contribution in [3.05, 3.63) is 0 Å². The summed E-state index contributed by atoms with van der Waals surface area (Å²) in [7, 11) is 3.30. The Hall–Kier alpha value is -0.400. The van der Waals surface area contributed by atoms with Crippen molar-refractivity contribution in [2.45, 2.75) is 64.8 Å². The number of methoxy groups -OCH3 is 2. The van der Waals surface area contributed by atoms with Crippen LogP contribution in [0.25, 0.3) is 0 Å². The van der Waals surface area contributed by atoms with Crippen molar-refractivity contribution in [2.24, 2.45) is 5.73 Å². The summed E-state index contributed by atoms with van der Waals surface area (Å²) in [4.78, 5) is 0. The molecule has 1 saturated heterocycles. The van der Waals surface area contributed by atoms with Crippen LogP contribution in [0.3, 0.4) is 0 Å². The van der Waals surface area contributed by atoms with E-state index in [0.717, 1.165) is 32.7 Å². The second-order valence-electron chi connectivity index (χ2n) is 8.18. The van der Waals surface area contributed by atoms with Gasteiger partial charge in [0.15, 0.2) is 0 Å². The van der Waals surface area contributed by atoms with Crippen LogP contribution in [-0.2, 0) is 33.2 Å². The maximum atomic E-state index is 9.59. The fraction of sp³-hybridized carbons (Fsp3) is 1.00. The minimum atomic E-state index is -0.456. The molecule has 4 N–H and O–H groups in total. The van der Waals surface area contributed by atoms with Crippen LogP contribution in [0.5, 0.6) is 0 Å². The summed E-state index contributed by atoms with van der Waals surface area (Å²) in [6, 6.07) is 0.342. The number of hydrogen-bond acceptors (Lipinski definition) is 10. The van der Waals surface area contributed by atoms with Crippen molar-refractivity contribution in [1.29, 1.82) is 0 Å². The molecule has 0 bridgehead atoms. The molecule has 0 aliphatic carbocycles. The van der Waals surface area contributed by atoms with Crippen molar-refractivity contribution in [1.82, 2.24) is 5.32 Å². The molecular formula is C24H54N2O8. The number of nitrogens with two attached hydrogens (primary N) is 1. The summed E-state index contributed by atoms with van der Waals surface area (Å²) in [5, 5.41) is 12.8. The topological polar surface area (TPSA) is 126 Å². The van der Waals surface area contributed by atoms with E-state index in [-0.39, 0.29) is 12.1 Å². The molecule has 1 fully saturated rings. The van der Waals surface area contributed by atoms with Gasteiger partial charge in [0.25, 0.3) is 0 Å². The predicted molar refractivity (Wildman–Crippen MR) is 134 cm³/mol. The van der Waals surface area contributed by atoms with Gasteiger partial charge in [-0.15, -0.1) is 0 Å². The molecule has 0 aromatic carbocycles. The van der Waals surface area contributed by atoms with Gasteiger partial charge >= 0.3 is 0 Å². The molecule has 0 amide bonds. The predicted octanol–water partition coefficient (Wildman–Crippen LogP) is 1.22. The first-order chi connectivity index (χ1) is 16.4. The minimum absolute atomic E-state index is 0.127. The van der Waals surface area contributed by atoms with Crippen LogP contribution in [0.2, 0.25) is 0 Å². The van der Waals surface area contributed by atoms with E-state index in [2.05, 4.69) is 12.2 Å². The monoisotopic (exact) mass is 498 g/mol. The zero-order valence-electron chi connectivity index (χ0n) is 22.6. The molecule has 4 unspecified atom stereocenters. The summed E-state index contributed by atoms with van der Waals surface area (Å²) in [5.41, 5.74) is 5.41. The highest BCUT2D eigenvalue weighted by Gasteiger charge is 2.21. The molecular weight excluding hydrogens is 444 g/mol. The lowest BCUT2D eigenvalue weighted by atomic mass is 10.3. The zero-order valence-corrected chi connectivity index (χ0v) is 22.6. The lowest BCUT2D eigenvalue weighted by molar-refractivity contribution is 0.0304. The molecule has 208 valence electrons. The van der Waals surface area contributed by atoms with Crippen molar-refractivity contribution in [3.63, 3.8) is 0 Å². The second kappa shape index (κ2) is 28.8. The maximum Gasteiger partial charge on any atom is 0.104 e. The number of epoxide rings is 1. The second-order valence-corrected chi connectivity index (χ2v) is 8.18. The van der Waals surface area contributed by atoms with Crippen molar-refractivity contribution in [2.75, 3.05) is 93.4 Å². The average Bonchev–Trinajstić information content (AvgIpc) is 3.64. The summed E-state index contributed by atoms with van der Waals surface area (Å²) in [5.74, 6) is 0. The van der Waals surface area contributed by atoms with Crippen molar-refractivity contribution < 1.29 is 38.3 Å². The van der Waals surface area contributed by atoms with Gasteiger partial charge < -0.3 is 49.3 Å². The van der Waals surface area contributed by atoms with E-state index in [0.29, 0.717) is 65.5 Å². The summed E-state index contributed by atoms with van der Waals surface area (Å²) in [6.07, 6.45) is 2.06. The van der Waals surface area contributed by atoms with Crippen LogP contribution in [0, 0.1) is 0 Å². The summed E-state index contributed by atoms with van der Waals surface area (Å²) >= 11 is 0. The molecule has 0 radical (unpaired) electrons. The molecule has 0 spiro atoms. The highest BCUT2D eigenvalue weighted by atomic mass is 16.6. The molecule has 34 heavy (non-hydrogen) atoms. The Balaban J connectivity index is 0. The summed E-state index contributed by atoms with van der Waals surface area (Å²) < 4.78 is 35.4. The number of aliphatic hydroxyl groups is 1. The fourth-order valence-corrected chi connectivity index (χ4v) is 2.16. The molecule has 10 heteroatoms. The van der Waals surface area contributed by atoms with Gasteiger partial charge in [-0.2, -0.15) is 0 Å². The lowest BCUT2D eigenvalue weighted by Gasteiger charge is -2.17. The van der Waals surface area contributed by atoms with E-state index in [1.54, 1.807) is 14.2 Å². The number of nitrogens with one attached hydrogen (secondary N) is 1. The Labute approximate surface area is 208 Å². The van der Waals surface area contributed by atoms with Gasteiger partial charge in [0.1, 0.15) is 6.10 Å². The zero-order chi connectivity index (χ0) is 25.9. The van der Waals surface area contributed by atoms with E-state index in [1.165, 1.54) is 0 Å². The van der Waals surface area contributed by atoms with Crippen LogP contribution >= 0.6 is 0 Å². The van der Waals surface area contributed by atoms with Crippen LogP contribution in [0.1, 0.15) is 40.5 Å². The van der Waals surface area contributed by atoms with E-state index >= 15 is 0 Å². The van der Waals surface area contributed by atoms with E-state index in [1.807, 2.05) is 20.8 Å². The van der Waals surface area contributed by atoms with Gasteiger partial charge in [-0.3, -0.25) is 0 Å². The number of hydrogen-bond donors (Lipinski definition) is 3. The quantitative estimate of drug-likeness (QED) is 0.157. The molecule has 10 nitrogen and oxygen atoms in total. The molecule has 0 aromatic heterocycles. The third kappa shape index (κ3) is 33.8. The fourth-order valence-electron chi connectivity index (χ4n) is 2.16. The third-order valence-electron chi connectivity index (χ3n) is 4.03. The van der Waals surface area contributed by atoms with E-state index in [9.17, 15) is 5.11 Å². The van der Waals surface area contributed by atoms with Crippen LogP contribution in [0.15, 0.2) is 0 Å². The number of aliphatic hydroxyl groups excluding tert-OH is 1. The van der Waals surface area contributed by atoms with Crippen molar-refractivity contribution >= 4 is 0 Å². The van der Waals surface area contributed by atoms with E-state index in [4.69, 9.17) is 38.9 Å². The van der Waals surface area contributed by atoms with Gasteiger partial charge in [0, 0.05) is 46.1 Å². The Morgan fingerprint density at radius 2 is 1.38 bits per heavy atom. The van der Waals surface area contributed by atoms with Gasteiger partial charge in [0.05, 0.1) is 65.6 Å². The Morgan fingerprint density at radius 3 is 1.88 bits per heavy atom. The molecule has 1 aliphatic rings. The van der Waals surface area contributed by atoms with E-state index < -0.39 is 6.10 Å². The minimum Gasteiger partial charge on any atom is -0.389 e. The standard InChI is InChI=1S/C12H27NO4.C6H15NO2.C6H12O2/c1-4-5-16-10-12(14)8-13-11(2)9-17-7-6-15-3;1-6(7)5-9-4-3-8-2;1-2-3-7-4-6-5-8-6/h11-14H,4-10H2,1-3H3;6H,3-5,7H2,1-2H3;6H,2-5H2,1H3. The van der Waals surface area contributed by atoms with Gasteiger partial charge in [-0.05, 0) is 26.7 Å². The molecule has 1 heterocycles. The SMILES string of the molecule is CCCOCC(O)CNC(C)COCCOC.CCCOCC1CO1.COCCOCC(C)N. The first-order valence-corrected chi connectivity index (χ1v) is 12.5. The first kappa shape index (κ1) is 35.8. The number of rotatable bonds is 21. The number of ether oxygens (including phenoxy) is 7. The maximum absolute atomic E-state index is 9.59. The van der Waals surface area contributed by atoms with Gasteiger partial charge in [-0.1, -0.05) is 13.8 Å². The molecule has 0 saturated carbocycles. The first-order valence-electron chi connectivity index (χ1n) is 12.5. The molecule has 4 atom stereocenters. The van der Waals surface area contributed by atoms with Gasteiger partial charge in [0.2, 0.25) is 0 Å². The summed E-state index contributed by atoms with van der Waals surface area (Å²) in [6.45, 7) is 16.0. The highest BCUT2D eigenvalue weighted by molar-refractivity contribution is 4.67. The Kier molecular flexibility index (Phi) is 30.3. The Morgan fingerprint density at radius 1 is 0.853 bits per heavy atom. The smallest absolute Gasteiger partial charge is 0.104 e. The lowest BCUT2D eigenvalue weighted by Crippen LogP contribution is -2.38. The third-order valence-corrected chi connectivity index (χ3v) is 4.03. The molecule has 0 aromatic rings. The Bertz CT molecular complexity index is 377. The van der Waals surface area contributed by atoms with Crippen LogP contribution in [0.4, 0.5) is 0 Å². The van der Waals surface area contributed by atoms with Gasteiger partial charge in [-0.25, -0.2) is 0 Å².